The van der Waals surface area contributed by atoms with E-state index in [1.54, 1.807) is 17.8 Å². The van der Waals surface area contributed by atoms with Gasteiger partial charge in [0.2, 0.25) is 0 Å². The van der Waals surface area contributed by atoms with Crippen LogP contribution in [0.1, 0.15) is 10.5 Å². The molecule has 1 N–H and O–H groups in total. The predicted octanol–water partition coefficient (Wildman–Crippen LogP) is 4.46. The van der Waals surface area contributed by atoms with Gasteiger partial charge in [-0.3, -0.25) is 4.79 Å². The van der Waals surface area contributed by atoms with Crippen LogP contribution in [0.5, 0.6) is 0 Å². The number of aromatic nitrogens is 3. The number of aryl methyl sites for hydroxylation is 1. The number of nitrogens with zero attached hydrogens (tertiary/aromatic N) is 3. The lowest BCUT2D eigenvalue weighted by atomic mass is 10.1. The zero-order valence-electron chi connectivity index (χ0n) is 14.4. The summed E-state index contributed by atoms with van der Waals surface area (Å²) in [6.45, 7) is 0.975. The molecule has 0 spiro atoms. The summed E-state index contributed by atoms with van der Waals surface area (Å²) in [6, 6.07) is 19.2. The van der Waals surface area contributed by atoms with Gasteiger partial charge in [-0.25, -0.2) is 9.97 Å². The van der Waals surface area contributed by atoms with E-state index in [2.05, 4.69) is 21.1 Å². The van der Waals surface area contributed by atoms with E-state index in [4.69, 9.17) is 4.98 Å². The Bertz CT molecular complexity index is 1150. The number of hydrogen-bond acceptors (Lipinski definition) is 4. The van der Waals surface area contributed by atoms with Gasteiger partial charge in [-0.2, -0.15) is 0 Å². The van der Waals surface area contributed by atoms with Crippen molar-refractivity contribution in [3.8, 4) is 11.3 Å². The highest BCUT2D eigenvalue weighted by Crippen LogP contribution is 2.32. The van der Waals surface area contributed by atoms with Crippen molar-refractivity contribution in [3.63, 3.8) is 0 Å². The van der Waals surface area contributed by atoms with Gasteiger partial charge >= 0.3 is 0 Å². The van der Waals surface area contributed by atoms with E-state index in [0.717, 1.165) is 45.3 Å². The van der Waals surface area contributed by atoms with E-state index in [1.165, 1.54) is 0 Å². The molecular weight excluding hydrogens is 356 g/mol. The summed E-state index contributed by atoms with van der Waals surface area (Å²) in [6.07, 6.45) is 2.05. The minimum absolute atomic E-state index is 0.227. The summed E-state index contributed by atoms with van der Waals surface area (Å²) in [7, 11) is 0. The Hall–Kier alpha value is -3.12. The minimum Gasteiger partial charge on any atom is -0.325 e. The second-order valence-corrected chi connectivity index (χ2v) is 7.40. The Labute approximate surface area is 160 Å². The number of amides is 1. The molecule has 3 heterocycles. The molecular formula is C21H16N4OS. The Kier molecular flexibility index (Phi) is 3.90. The van der Waals surface area contributed by atoms with Crippen molar-refractivity contribution in [1.82, 2.24) is 14.5 Å². The highest BCUT2D eigenvalue weighted by molar-refractivity contribution is 7.99. The molecule has 5 nitrogen and oxygen atoms in total. The molecule has 2 aromatic carbocycles. The second kappa shape index (κ2) is 6.55. The number of carbonyl (C=O) groups is 1. The van der Waals surface area contributed by atoms with E-state index >= 15 is 0 Å². The van der Waals surface area contributed by atoms with Crippen molar-refractivity contribution >= 4 is 34.3 Å². The summed E-state index contributed by atoms with van der Waals surface area (Å²) in [5.41, 5.74) is 3.72. The first kappa shape index (κ1) is 16.1. The van der Waals surface area contributed by atoms with Gasteiger partial charge in [0.15, 0.2) is 5.16 Å². The van der Waals surface area contributed by atoms with Crippen molar-refractivity contribution in [2.24, 2.45) is 0 Å². The number of imidazole rings is 1. The fourth-order valence-electron chi connectivity index (χ4n) is 3.23. The Morgan fingerprint density at radius 2 is 1.85 bits per heavy atom. The fourth-order valence-corrected chi connectivity index (χ4v) is 4.18. The summed E-state index contributed by atoms with van der Waals surface area (Å²) >= 11 is 1.76. The maximum atomic E-state index is 12.8. The molecule has 0 fully saturated rings. The van der Waals surface area contributed by atoms with Crippen LogP contribution in [0.2, 0.25) is 0 Å². The Morgan fingerprint density at radius 1 is 1.00 bits per heavy atom. The summed E-state index contributed by atoms with van der Waals surface area (Å²) < 4.78 is 2.16. The number of hydrogen-bond donors (Lipinski definition) is 1. The Morgan fingerprint density at radius 3 is 2.78 bits per heavy atom. The summed E-state index contributed by atoms with van der Waals surface area (Å²) in [4.78, 5) is 22.0. The van der Waals surface area contributed by atoms with E-state index in [-0.39, 0.29) is 5.91 Å². The molecule has 4 aromatic rings. The lowest BCUT2D eigenvalue weighted by Crippen LogP contribution is -2.14. The third kappa shape index (κ3) is 2.98. The second-order valence-electron chi connectivity index (χ2n) is 6.34. The van der Waals surface area contributed by atoms with Gasteiger partial charge in [0.1, 0.15) is 5.69 Å². The standard InChI is InChI=1S/C21H16N4OS/c26-20(18-10-9-14-5-1-3-7-16(14)22-18)23-17-8-4-2-6-15(17)19-13-25-11-12-27-21(25)24-19/h1-10,13H,11-12H2,(H,23,26). The lowest BCUT2D eigenvalue weighted by Gasteiger charge is -2.10. The molecule has 132 valence electrons. The molecule has 2 aromatic heterocycles. The molecule has 1 amide bonds. The van der Waals surface area contributed by atoms with Crippen molar-refractivity contribution in [1.29, 1.82) is 0 Å². The SMILES string of the molecule is O=C(Nc1ccccc1-c1cn2c(n1)SCC2)c1ccc2ccccc2n1. The van der Waals surface area contributed by atoms with E-state index in [1.807, 2.05) is 54.6 Å². The van der Waals surface area contributed by atoms with Crippen LogP contribution in [0.4, 0.5) is 5.69 Å². The third-order valence-electron chi connectivity index (χ3n) is 4.59. The van der Waals surface area contributed by atoms with Crippen LogP contribution in [0.15, 0.2) is 72.0 Å². The molecule has 5 rings (SSSR count). The molecule has 6 heteroatoms. The highest BCUT2D eigenvalue weighted by atomic mass is 32.2. The number of pyridine rings is 1. The maximum absolute atomic E-state index is 12.8. The first-order valence-electron chi connectivity index (χ1n) is 8.74. The smallest absolute Gasteiger partial charge is 0.274 e. The van der Waals surface area contributed by atoms with Crippen LogP contribution in [-0.2, 0) is 6.54 Å². The molecule has 0 bridgehead atoms. The average molecular weight is 372 g/mol. The number of rotatable bonds is 3. The lowest BCUT2D eigenvalue weighted by molar-refractivity contribution is 0.102. The molecule has 0 atom stereocenters. The number of nitrogens with one attached hydrogen (secondary N) is 1. The Balaban J connectivity index is 1.47. The molecule has 1 aliphatic rings. The number of thioether (sulfide) groups is 1. The molecule has 27 heavy (non-hydrogen) atoms. The zero-order chi connectivity index (χ0) is 18.2. The molecule has 0 unspecified atom stereocenters. The highest BCUT2D eigenvalue weighted by Gasteiger charge is 2.18. The number of carbonyl (C=O) groups excluding carboxylic acids is 1. The van der Waals surface area contributed by atoms with Crippen molar-refractivity contribution < 1.29 is 4.79 Å². The zero-order valence-corrected chi connectivity index (χ0v) is 15.2. The largest absolute Gasteiger partial charge is 0.325 e. The van der Waals surface area contributed by atoms with Crippen molar-refractivity contribution in [2.75, 3.05) is 11.1 Å². The van der Waals surface area contributed by atoms with Gasteiger partial charge in [0, 0.05) is 29.4 Å². The van der Waals surface area contributed by atoms with Crippen molar-refractivity contribution in [2.45, 2.75) is 11.7 Å². The van der Waals surface area contributed by atoms with Gasteiger partial charge in [0.05, 0.1) is 16.9 Å². The van der Waals surface area contributed by atoms with Crippen LogP contribution in [0, 0.1) is 0 Å². The van der Waals surface area contributed by atoms with Gasteiger partial charge in [0.25, 0.3) is 5.91 Å². The number of para-hydroxylation sites is 2. The normalized spacial score (nSPS) is 12.9. The molecule has 0 aliphatic carbocycles. The predicted molar refractivity (Wildman–Crippen MR) is 108 cm³/mol. The molecule has 0 saturated heterocycles. The number of fused-ring (bicyclic) bond motifs is 2. The van der Waals surface area contributed by atoms with Gasteiger partial charge in [-0.05, 0) is 18.2 Å². The maximum Gasteiger partial charge on any atom is 0.274 e. The third-order valence-corrected chi connectivity index (χ3v) is 5.56. The molecule has 0 saturated carbocycles. The van der Waals surface area contributed by atoms with Gasteiger partial charge in [-0.15, -0.1) is 0 Å². The minimum atomic E-state index is -0.227. The molecule has 0 radical (unpaired) electrons. The quantitative estimate of drug-likeness (QED) is 0.577. The van der Waals surface area contributed by atoms with Gasteiger partial charge in [-0.1, -0.05) is 54.2 Å². The van der Waals surface area contributed by atoms with E-state index < -0.39 is 0 Å². The van der Waals surface area contributed by atoms with E-state index in [0.29, 0.717) is 5.69 Å². The first-order valence-corrected chi connectivity index (χ1v) is 9.73. The van der Waals surface area contributed by atoms with Crippen LogP contribution >= 0.6 is 11.8 Å². The van der Waals surface area contributed by atoms with Crippen LogP contribution in [0.3, 0.4) is 0 Å². The number of anilines is 1. The first-order chi connectivity index (χ1) is 13.3. The van der Waals surface area contributed by atoms with Crippen molar-refractivity contribution in [3.05, 3.63) is 72.6 Å². The monoisotopic (exact) mass is 372 g/mol. The fraction of sp³-hybridized carbons (Fsp3) is 0.0952. The summed E-state index contributed by atoms with van der Waals surface area (Å²) in [5.74, 6) is 0.837. The van der Waals surface area contributed by atoms with Crippen LogP contribution < -0.4 is 5.32 Å². The van der Waals surface area contributed by atoms with Crippen LogP contribution in [0.25, 0.3) is 22.2 Å². The number of benzene rings is 2. The van der Waals surface area contributed by atoms with Crippen LogP contribution in [-0.4, -0.2) is 26.2 Å². The topological polar surface area (TPSA) is 59.8 Å². The average Bonchev–Trinajstić information content (AvgIpc) is 3.30. The molecule has 1 aliphatic heterocycles. The van der Waals surface area contributed by atoms with E-state index in [9.17, 15) is 4.79 Å². The summed E-state index contributed by atoms with van der Waals surface area (Å²) in [5, 5.41) is 5.04. The van der Waals surface area contributed by atoms with Gasteiger partial charge < -0.3 is 9.88 Å².